The molecule has 1 rings (SSSR count). The van der Waals surface area contributed by atoms with Gasteiger partial charge >= 0.3 is 5.97 Å². The Morgan fingerprint density at radius 2 is 2.25 bits per heavy atom. The van der Waals surface area contributed by atoms with Crippen LogP contribution in [-0.4, -0.2) is 17.6 Å². The quantitative estimate of drug-likeness (QED) is 0.641. The molecule has 1 heterocycles. The van der Waals surface area contributed by atoms with Crippen molar-refractivity contribution in [3.05, 3.63) is 23.3 Å². The molecular weight excluding hydrogens is 225 g/mol. The molecule has 16 heavy (non-hydrogen) atoms. The lowest BCUT2D eigenvalue weighted by molar-refractivity contribution is 0.0526. The summed E-state index contributed by atoms with van der Waals surface area (Å²) in [6.45, 7) is 1.60. The van der Waals surface area contributed by atoms with Crippen LogP contribution in [0.5, 0.6) is 0 Å². The molecule has 88 valence electrons. The van der Waals surface area contributed by atoms with E-state index in [2.05, 4.69) is 9.72 Å². The Morgan fingerprint density at radius 3 is 2.75 bits per heavy atom. The zero-order valence-corrected chi connectivity index (χ0v) is 8.34. The number of carbonyl (C=O) groups excluding carboxylic acids is 1. The summed E-state index contributed by atoms with van der Waals surface area (Å²) in [4.78, 5) is 14.3. The summed E-state index contributed by atoms with van der Waals surface area (Å²) in [6, 6.07) is 0. The first-order valence-electron chi connectivity index (χ1n) is 4.38. The minimum atomic E-state index is -3.14. The maximum absolute atomic E-state index is 12.9. The molecule has 0 unspecified atom stereocenters. The highest BCUT2D eigenvalue weighted by atomic mass is 19.3. The van der Waals surface area contributed by atoms with Crippen molar-refractivity contribution in [3.63, 3.8) is 0 Å². The molecule has 7 heteroatoms. The van der Waals surface area contributed by atoms with Crippen LogP contribution < -0.4 is 5.73 Å². The Balaban J connectivity index is 3.23. The number of esters is 1. The van der Waals surface area contributed by atoms with Gasteiger partial charge in [-0.2, -0.15) is 4.39 Å². The van der Waals surface area contributed by atoms with Gasteiger partial charge in [0.1, 0.15) is 5.56 Å². The lowest BCUT2D eigenvalue weighted by atomic mass is 10.1. The zero-order valence-electron chi connectivity index (χ0n) is 8.34. The first-order valence-corrected chi connectivity index (χ1v) is 4.38. The van der Waals surface area contributed by atoms with Crippen molar-refractivity contribution < 1.29 is 22.7 Å². The number of ether oxygens (including phenoxy) is 1. The standard InChI is InChI=1S/C9H9F3N2O2/c1-2-16-9(15)4-3-14-8(12)5(6(4)13)7(10)11/h3,7H,2H2,1H3,(H2,13,14). The predicted octanol–water partition coefficient (Wildman–Crippen LogP) is 1.92. The number of pyridine rings is 1. The second kappa shape index (κ2) is 4.82. The first kappa shape index (κ1) is 12.3. The number of aromatic nitrogens is 1. The number of nitrogens with two attached hydrogens (primary N) is 1. The van der Waals surface area contributed by atoms with Crippen molar-refractivity contribution >= 4 is 11.7 Å². The van der Waals surface area contributed by atoms with Crippen molar-refractivity contribution in [3.8, 4) is 0 Å². The van der Waals surface area contributed by atoms with Gasteiger partial charge in [0.25, 0.3) is 6.43 Å². The summed E-state index contributed by atoms with van der Waals surface area (Å²) < 4.78 is 42.3. The van der Waals surface area contributed by atoms with Crippen LogP contribution in [0.4, 0.5) is 18.9 Å². The molecule has 0 aromatic carbocycles. The van der Waals surface area contributed by atoms with Gasteiger partial charge < -0.3 is 10.5 Å². The van der Waals surface area contributed by atoms with Crippen LogP contribution >= 0.6 is 0 Å². The Morgan fingerprint density at radius 1 is 1.62 bits per heavy atom. The third-order valence-corrected chi connectivity index (χ3v) is 1.82. The van der Waals surface area contributed by atoms with Crippen molar-refractivity contribution in [2.45, 2.75) is 13.3 Å². The number of alkyl halides is 2. The zero-order chi connectivity index (χ0) is 12.3. The second-order valence-corrected chi connectivity index (χ2v) is 2.81. The fourth-order valence-electron chi connectivity index (χ4n) is 1.10. The van der Waals surface area contributed by atoms with Crippen molar-refractivity contribution in [1.82, 2.24) is 4.98 Å². The van der Waals surface area contributed by atoms with Crippen LogP contribution in [-0.2, 0) is 4.74 Å². The van der Waals surface area contributed by atoms with Gasteiger partial charge in [-0.15, -0.1) is 0 Å². The summed E-state index contributed by atoms with van der Waals surface area (Å²) in [7, 11) is 0. The molecule has 0 bridgehead atoms. The monoisotopic (exact) mass is 234 g/mol. The van der Waals surface area contributed by atoms with Crippen molar-refractivity contribution in [1.29, 1.82) is 0 Å². The summed E-state index contributed by atoms with van der Waals surface area (Å²) in [6.07, 6.45) is -2.36. The molecule has 0 radical (unpaired) electrons. The fourth-order valence-corrected chi connectivity index (χ4v) is 1.10. The highest BCUT2D eigenvalue weighted by Crippen LogP contribution is 2.29. The topological polar surface area (TPSA) is 65.2 Å². The van der Waals surface area contributed by atoms with Gasteiger partial charge in [0.15, 0.2) is 0 Å². The van der Waals surface area contributed by atoms with Gasteiger partial charge in [-0.05, 0) is 6.92 Å². The highest BCUT2D eigenvalue weighted by Gasteiger charge is 2.24. The minimum Gasteiger partial charge on any atom is -0.462 e. The Bertz CT molecular complexity index is 410. The van der Waals surface area contributed by atoms with Gasteiger partial charge in [-0.1, -0.05) is 0 Å². The average Bonchev–Trinajstić information content (AvgIpc) is 2.17. The highest BCUT2D eigenvalue weighted by molar-refractivity contribution is 5.95. The normalized spacial score (nSPS) is 10.6. The molecule has 0 aliphatic carbocycles. The van der Waals surface area contributed by atoms with E-state index in [0.29, 0.717) is 0 Å². The average molecular weight is 234 g/mol. The fraction of sp³-hybridized carbons (Fsp3) is 0.333. The molecule has 1 aromatic heterocycles. The third kappa shape index (κ3) is 2.23. The molecule has 1 aromatic rings. The molecule has 0 amide bonds. The van der Waals surface area contributed by atoms with Gasteiger partial charge in [-0.3, -0.25) is 0 Å². The number of halogens is 3. The number of hydrogen-bond acceptors (Lipinski definition) is 4. The molecule has 2 N–H and O–H groups in total. The maximum atomic E-state index is 12.9. The SMILES string of the molecule is CCOC(=O)c1cnc(F)c(C(F)F)c1N. The molecule has 0 fully saturated rings. The summed E-state index contributed by atoms with van der Waals surface area (Å²) in [5.74, 6) is -2.30. The van der Waals surface area contributed by atoms with E-state index in [1.807, 2.05) is 0 Å². The van der Waals surface area contributed by atoms with Gasteiger partial charge in [0, 0.05) is 6.20 Å². The molecule has 0 atom stereocenters. The molecule has 4 nitrogen and oxygen atoms in total. The van der Waals surface area contributed by atoms with E-state index >= 15 is 0 Å². The van der Waals surface area contributed by atoms with Crippen LogP contribution in [0.3, 0.4) is 0 Å². The largest absolute Gasteiger partial charge is 0.462 e. The van der Waals surface area contributed by atoms with E-state index in [1.54, 1.807) is 6.92 Å². The minimum absolute atomic E-state index is 0.0552. The summed E-state index contributed by atoms with van der Waals surface area (Å²) >= 11 is 0. The third-order valence-electron chi connectivity index (χ3n) is 1.82. The number of rotatable bonds is 3. The number of anilines is 1. The Hall–Kier alpha value is -1.79. The van der Waals surface area contributed by atoms with Crippen LogP contribution in [0.2, 0.25) is 0 Å². The molecule has 0 saturated heterocycles. The van der Waals surface area contributed by atoms with Crippen molar-refractivity contribution in [2.75, 3.05) is 12.3 Å². The Kier molecular flexibility index (Phi) is 3.70. The number of hydrogen-bond donors (Lipinski definition) is 1. The van der Waals surface area contributed by atoms with E-state index in [9.17, 15) is 18.0 Å². The summed E-state index contributed by atoms with van der Waals surface area (Å²) in [5.41, 5.74) is 3.18. The predicted molar refractivity (Wildman–Crippen MR) is 49.5 cm³/mol. The van der Waals surface area contributed by atoms with Crippen LogP contribution in [0.25, 0.3) is 0 Å². The van der Waals surface area contributed by atoms with Gasteiger partial charge in [0.2, 0.25) is 5.95 Å². The number of nitrogen functional groups attached to an aromatic ring is 1. The summed E-state index contributed by atoms with van der Waals surface area (Å²) in [5, 5.41) is 0. The lowest BCUT2D eigenvalue weighted by Gasteiger charge is -2.09. The number of nitrogens with zero attached hydrogens (tertiary/aromatic N) is 1. The van der Waals surface area contributed by atoms with E-state index in [1.165, 1.54) is 0 Å². The van der Waals surface area contributed by atoms with E-state index in [0.717, 1.165) is 6.20 Å². The van der Waals surface area contributed by atoms with Gasteiger partial charge in [-0.25, -0.2) is 18.6 Å². The molecule has 0 saturated carbocycles. The molecule has 0 spiro atoms. The smallest absolute Gasteiger partial charge is 0.341 e. The first-order chi connectivity index (χ1) is 7.49. The lowest BCUT2D eigenvalue weighted by Crippen LogP contribution is -2.12. The second-order valence-electron chi connectivity index (χ2n) is 2.81. The molecular formula is C9H9F3N2O2. The van der Waals surface area contributed by atoms with Crippen LogP contribution in [0, 0.1) is 5.95 Å². The van der Waals surface area contributed by atoms with Crippen LogP contribution in [0.15, 0.2) is 6.20 Å². The van der Waals surface area contributed by atoms with Crippen LogP contribution in [0.1, 0.15) is 29.3 Å². The molecule has 0 aliphatic rings. The van der Waals surface area contributed by atoms with E-state index < -0.39 is 29.6 Å². The van der Waals surface area contributed by atoms with Crippen molar-refractivity contribution in [2.24, 2.45) is 0 Å². The number of carbonyl (C=O) groups is 1. The Labute approximate surface area is 89.2 Å². The van der Waals surface area contributed by atoms with E-state index in [4.69, 9.17) is 5.73 Å². The van der Waals surface area contributed by atoms with E-state index in [-0.39, 0.29) is 12.2 Å². The maximum Gasteiger partial charge on any atom is 0.341 e. The van der Waals surface area contributed by atoms with Gasteiger partial charge in [0.05, 0.1) is 17.9 Å². The molecule has 0 aliphatic heterocycles.